The minimum Gasteiger partial charge on any atom is -0.455 e. The Labute approximate surface area is 438 Å². The van der Waals surface area contributed by atoms with Crippen molar-refractivity contribution in [3.63, 3.8) is 0 Å². The van der Waals surface area contributed by atoms with Crippen molar-refractivity contribution in [2.24, 2.45) is 0 Å². The monoisotopic (exact) mass is 977 g/mol. The molecular formula is C70H47N3OS. The standard InChI is InChI=1S/C70H47N3OS/c1-3-18-51(19-4-1)71(57-39-40-59-63-45-69-64(61-24-10-12-28-68(61)75-69)44-66(63)73(65(59)43-57)52-20-5-2-6-21-52)53-34-29-47(30-35-53)50-17-13-22-55(41-50)72(56-38-31-46-15-7-8-16-49(46)42-56)54-36-32-48(33-37-54)58-25-14-26-62-60-23-9-11-27-67(60)74-70(58)62/h1-7,9-15,17-45H,8,16H2. The molecule has 0 saturated carbocycles. The summed E-state index contributed by atoms with van der Waals surface area (Å²) in [7, 11) is 0. The van der Waals surface area contributed by atoms with Crippen LogP contribution in [0.3, 0.4) is 0 Å². The van der Waals surface area contributed by atoms with Crippen LogP contribution >= 0.6 is 11.3 Å². The summed E-state index contributed by atoms with van der Waals surface area (Å²) in [6.45, 7) is 0. The molecule has 4 nitrogen and oxygen atoms in total. The summed E-state index contributed by atoms with van der Waals surface area (Å²) < 4.78 is 11.5. The Kier molecular flexibility index (Phi) is 10.2. The zero-order valence-electron chi connectivity index (χ0n) is 40.9. The molecule has 3 aromatic heterocycles. The third kappa shape index (κ3) is 7.34. The van der Waals surface area contributed by atoms with Crippen molar-refractivity contribution in [1.82, 2.24) is 4.57 Å². The molecule has 354 valence electrons. The van der Waals surface area contributed by atoms with Crippen molar-refractivity contribution in [3.05, 3.63) is 266 Å². The number of thiophene rings is 1. The predicted octanol–water partition coefficient (Wildman–Crippen LogP) is 20.3. The SMILES string of the molecule is C1=Cc2ccc(N(c3ccc(-c4cccc5c4oc4ccccc45)cc3)c3cccc(-c4ccc(N(c5ccccc5)c5ccc6c7cc8sc9ccccc9c8cc7n(-c7ccccc7)c6c5)cc4)c3)cc2CC1. The second-order valence-electron chi connectivity index (χ2n) is 19.6. The number of benzene rings is 11. The van der Waals surface area contributed by atoms with Gasteiger partial charge >= 0.3 is 0 Å². The van der Waals surface area contributed by atoms with Crippen LogP contribution in [0.5, 0.6) is 0 Å². The quantitative estimate of drug-likeness (QED) is 0.144. The van der Waals surface area contributed by atoms with Gasteiger partial charge in [0, 0.05) is 87.1 Å². The van der Waals surface area contributed by atoms with Gasteiger partial charge in [0.05, 0.1) is 11.0 Å². The van der Waals surface area contributed by atoms with Crippen LogP contribution in [0.1, 0.15) is 17.5 Å². The van der Waals surface area contributed by atoms with Gasteiger partial charge in [-0.15, -0.1) is 11.3 Å². The molecule has 1 aliphatic rings. The Hall–Kier alpha value is -9.42. The first-order valence-corrected chi connectivity index (χ1v) is 26.6. The summed E-state index contributed by atoms with van der Waals surface area (Å²) in [6.07, 6.45) is 6.62. The minimum absolute atomic E-state index is 0.906. The zero-order chi connectivity index (χ0) is 49.4. The molecule has 1 aliphatic carbocycles. The lowest BCUT2D eigenvalue weighted by atomic mass is 9.96. The number of hydrogen-bond donors (Lipinski definition) is 0. The first-order chi connectivity index (χ1) is 37.2. The van der Waals surface area contributed by atoms with Crippen molar-refractivity contribution in [1.29, 1.82) is 0 Å². The summed E-state index contributed by atoms with van der Waals surface area (Å²) in [5.74, 6) is 0. The molecule has 3 heterocycles. The predicted molar refractivity (Wildman–Crippen MR) is 319 cm³/mol. The van der Waals surface area contributed by atoms with Gasteiger partial charge in [-0.1, -0.05) is 152 Å². The van der Waals surface area contributed by atoms with Gasteiger partial charge in [-0.3, -0.25) is 0 Å². The molecule has 15 rings (SSSR count). The number of rotatable bonds is 9. The second kappa shape index (κ2) is 17.7. The van der Waals surface area contributed by atoms with E-state index >= 15 is 0 Å². The Morgan fingerprint density at radius 2 is 1.01 bits per heavy atom. The fourth-order valence-corrected chi connectivity index (χ4v) is 12.8. The number of fused-ring (bicyclic) bond motifs is 10. The van der Waals surface area contributed by atoms with Crippen LogP contribution in [0.4, 0.5) is 34.1 Å². The number of para-hydroxylation sites is 4. The molecule has 0 bridgehead atoms. The number of furan rings is 1. The maximum atomic E-state index is 6.47. The van der Waals surface area contributed by atoms with Crippen LogP contribution in [0.25, 0.3) is 97.9 Å². The van der Waals surface area contributed by atoms with E-state index in [2.05, 4.69) is 263 Å². The molecule has 14 aromatic rings. The minimum atomic E-state index is 0.906. The van der Waals surface area contributed by atoms with E-state index in [1.54, 1.807) is 0 Å². The largest absolute Gasteiger partial charge is 0.455 e. The van der Waals surface area contributed by atoms with Crippen LogP contribution in [0.15, 0.2) is 259 Å². The number of aromatic nitrogens is 1. The third-order valence-electron chi connectivity index (χ3n) is 15.2. The van der Waals surface area contributed by atoms with Crippen LogP contribution in [-0.2, 0) is 6.42 Å². The Morgan fingerprint density at radius 1 is 0.387 bits per heavy atom. The lowest BCUT2D eigenvalue weighted by Crippen LogP contribution is -2.11. The Morgan fingerprint density at radius 3 is 1.85 bits per heavy atom. The lowest BCUT2D eigenvalue weighted by Gasteiger charge is -2.28. The number of anilines is 6. The smallest absolute Gasteiger partial charge is 0.143 e. The summed E-state index contributed by atoms with van der Waals surface area (Å²) in [4.78, 5) is 4.78. The molecular weight excluding hydrogens is 931 g/mol. The molecule has 0 unspecified atom stereocenters. The first kappa shape index (κ1) is 43.2. The van der Waals surface area contributed by atoms with Gasteiger partial charge in [0.15, 0.2) is 0 Å². The highest BCUT2D eigenvalue weighted by Gasteiger charge is 2.21. The molecule has 5 heteroatoms. The molecule has 11 aromatic carbocycles. The number of hydrogen-bond acceptors (Lipinski definition) is 4. The van der Waals surface area contributed by atoms with Gasteiger partial charge in [0.2, 0.25) is 0 Å². The van der Waals surface area contributed by atoms with Crippen molar-refractivity contribution in [2.75, 3.05) is 9.80 Å². The van der Waals surface area contributed by atoms with Crippen molar-refractivity contribution in [2.45, 2.75) is 12.8 Å². The van der Waals surface area contributed by atoms with Crippen LogP contribution in [0.2, 0.25) is 0 Å². The highest BCUT2D eigenvalue weighted by molar-refractivity contribution is 7.25. The zero-order valence-corrected chi connectivity index (χ0v) is 41.7. The summed E-state index contributed by atoms with van der Waals surface area (Å²) in [5, 5.41) is 7.36. The van der Waals surface area contributed by atoms with E-state index in [-0.39, 0.29) is 0 Å². The van der Waals surface area contributed by atoms with Crippen LogP contribution < -0.4 is 9.80 Å². The summed E-state index contributed by atoms with van der Waals surface area (Å²) in [6, 6.07) is 90.7. The molecule has 0 saturated heterocycles. The van der Waals surface area contributed by atoms with E-state index in [9.17, 15) is 0 Å². The fourth-order valence-electron chi connectivity index (χ4n) is 11.6. The second-order valence-corrected chi connectivity index (χ2v) is 20.7. The lowest BCUT2D eigenvalue weighted by molar-refractivity contribution is 0.670. The van der Waals surface area contributed by atoms with E-state index in [4.69, 9.17) is 4.42 Å². The molecule has 0 amide bonds. The van der Waals surface area contributed by atoms with Gasteiger partial charge in [0.1, 0.15) is 11.2 Å². The average molecular weight is 978 g/mol. The van der Waals surface area contributed by atoms with E-state index < -0.39 is 0 Å². The molecule has 0 N–H and O–H groups in total. The van der Waals surface area contributed by atoms with Crippen LogP contribution in [0, 0.1) is 0 Å². The third-order valence-corrected chi connectivity index (χ3v) is 16.3. The van der Waals surface area contributed by atoms with E-state index in [1.165, 1.54) is 53.1 Å². The highest BCUT2D eigenvalue weighted by atomic mass is 32.1. The summed E-state index contributed by atoms with van der Waals surface area (Å²) in [5.41, 5.74) is 19.1. The molecule has 0 atom stereocenters. The molecule has 0 fully saturated rings. The van der Waals surface area contributed by atoms with Gasteiger partial charge in [-0.05, 0) is 150 Å². The normalized spacial score (nSPS) is 12.4. The van der Waals surface area contributed by atoms with E-state index in [1.807, 2.05) is 23.5 Å². The van der Waals surface area contributed by atoms with Gasteiger partial charge in [0.25, 0.3) is 0 Å². The Balaban J connectivity index is 0.813. The van der Waals surface area contributed by atoms with Crippen molar-refractivity contribution >= 4 is 115 Å². The van der Waals surface area contributed by atoms with E-state index in [0.29, 0.717) is 0 Å². The molecule has 0 aliphatic heterocycles. The molecule has 0 spiro atoms. The summed E-state index contributed by atoms with van der Waals surface area (Å²) >= 11 is 1.87. The number of nitrogens with zero attached hydrogens (tertiary/aromatic N) is 3. The van der Waals surface area contributed by atoms with Gasteiger partial charge < -0.3 is 18.8 Å². The fraction of sp³-hybridized carbons (Fsp3) is 0.0286. The van der Waals surface area contributed by atoms with Crippen molar-refractivity contribution in [3.8, 4) is 27.9 Å². The van der Waals surface area contributed by atoms with Gasteiger partial charge in [-0.2, -0.15) is 0 Å². The maximum absolute atomic E-state index is 6.47. The highest BCUT2D eigenvalue weighted by Crippen LogP contribution is 2.45. The molecule has 0 radical (unpaired) electrons. The topological polar surface area (TPSA) is 24.6 Å². The number of aryl methyl sites for hydroxylation is 1. The average Bonchev–Trinajstić information content (AvgIpc) is 4.15. The Bertz CT molecular complexity index is 4530. The van der Waals surface area contributed by atoms with Gasteiger partial charge in [-0.25, -0.2) is 0 Å². The van der Waals surface area contributed by atoms with E-state index in [0.717, 1.165) is 96.8 Å². The maximum Gasteiger partial charge on any atom is 0.143 e. The van der Waals surface area contributed by atoms with Crippen molar-refractivity contribution < 1.29 is 4.42 Å². The number of allylic oxidation sites excluding steroid dienone is 1. The first-order valence-electron chi connectivity index (χ1n) is 25.8. The molecule has 75 heavy (non-hydrogen) atoms. The van der Waals surface area contributed by atoms with Crippen LogP contribution in [-0.4, -0.2) is 4.57 Å².